The van der Waals surface area contributed by atoms with Crippen LogP contribution in [0.2, 0.25) is 0 Å². The van der Waals surface area contributed by atoms with Gasteiger partial charge in [0.15, 0.2) is 0 Å². The number of ether oxygens (including phenoxy) is 1. The third kappa shape index (κ3) is 4.67. The van der Waals surface area contributed by atoms with Crippen molar-refractivity contribution in [2.24, 2.45) is 0 Å². The van der Waals surface area contributed by atoms with Gasteiger partial charge in [0.05, 0.1) is 0 Å². The molecule has 0 amide bonds. The second-order valence-corrected chi connectivity index (χ2v) is 8.97. The molecule has 0 spiro atoms. The number of aliphatic hydroxyl groups excluding tert-OH is 1. The van der Waals surface area contributed by atoms with Crippen molar-refractivity contribution in [2.45, 2.75) is 39.7 Å². The number of methoxy groups -OCH3 is 1. The maximum absolute atomic E-state index is 9.65. The quantitative estimate of drug-likeness (QED) is 0.460. The predicted octanol–water partition coefficient (Wildman–Crippen LogP) is -3.48. The zero-order chi connectivity index (χ0) is 19.1. The van der Waals surface area contributed by atoms with Gasteiger partial charge in [-0.3, -0.25) is 0 Å². The van der Waals surface area contributed by atoms with Crippen LogP contribution in [-0.2, 0) is 35.9 Å². The average Bonchev–Trinajstić information content (AvgIpc) is 2.86. The molecule has 0 atom stereocenters. The first-order valence-electron chi connectivity index (χ1n) is 8.94. The van der Waals surface area contributed by atoms with Crippen LogP contribution in [0, 0.1) is 10.4 Å². The molecule has 0 unspecified atom stereocenters. The molecule has 0 saturated heterocycles. The van der Waals surface area contributed by atoms with Gasteiger partial charge in [-0.2, -0.15) is 0 Å². The van der Waals surface area contributed by atoms with Crippen LogP contribution in [0.1, 0.15) is 38.8 Å². The van der Waals surface area contributed by atoms with Crippen LogP contribution < -0.4 is 40.6 Å². The average molecular weight is 499 g/mol. The Morgan fingerprint density at radius 1 is 1.11 bits per heavy atom. The van der Waals surface area contributed by atoms with Gasteiger partial charge in [0.2, 0.25) is 0 Å². The number of anilines is 1. The van der Waals surface area contributed by atoms with E-state index >= 15 is 0 Å². The van der Waals surface area contributed by atoms with Gasteiger partial charge in [-0.05, 0) is 0 Å². The fourth-order valence-corrected chi connectivity index (χ4v) is 4.78. The molecule has 0 saturated carbocycles. The fraction of sp³-hybridized carbons (Fsp3) is 0.364. The summed E-state index contributed by atoms with van der Waals surface area (Å²) in [7, 11) is 1.71. The molecule has 0 heterocycles. The summed E-state index contributed by atoms with van der Waals surface area (Å²) >= 11 is 1.40. The predicted molar refractivity (Wildman–Crippen MR) is 103 cm³/mol. The number of rotatable bonds is 4. The van der Waals surface area contributed by atoms with E-state index in [-0.39, 0.29) is 37.0 Å². The molecule has 0 aromatic heterocycles. The Labute approximate surface area is 194 Å². The molecule has 6 heteroatoms. The largest absolute Gasteiger partial charge is 1.00 e. The zero-order valence-electron chi connectivity index (χ0n) is 16.9. The van der Waals surface area contributed by atoms with Gasteiger partial charge in [0, 0.05) is 0 Å². The van der Waals surface area contributed by atoms with Crippen LogP contribution in [0.25, 0.3) is 9.04 Å². The molecule has 2 N–H and O–H groups in total. The third-order valence-electron chi connectivity index (χ3n) is 4.68. The van der Waals surface area contributed by atoms with Gasteiger partial charge in [0.25, 0.3) is 0 Å². The summed E-state index contributed by atoms with van der Waals surface area (Å²) in [6.07, 6.45) is 0.608. The van der Waals surface area contributed by atoms with Gasteiger partial charge >= 0.3 is 170 Å². The minimum Gasteiger partial charge on any atom is -1.00 e. The molecule has 28 heavy (non-hydrogen) atoms. The van der Waals surface area contributed by atoms with Crippen LogP contribution in [-0.4, -0.2) is 24.4 Å². The summed E-state index contributed by atoms with van der Waals surface area (Å²) in [4.78, 5) is 0. The summed E-state index contributed by atoms with van der Waals surface area (Å²) in [5, 5.41) is 18.3. The summed E-state index contributed by atoms with van der Waals surface area (Å²) in [6, 6.07) is 10.8. The molecular weight excluding hydrogens is 472 g/mol. The fourth-order valence-electron chi connectivity index (χ4n) is 3.60. The second kappa shape index (κ2) is 9.80. The second-order valence-electron chi connectivity index (χ2n) is 7.74. The van der Waals surface area contributed by atoms with Crippen molar-refractivity contribution in [1.29, 1.82) is 0 Å². The van der Waals surface area contributed by atoms with Crippen molar-refractivity contribution in [1.82, 2.24) is 0 Å². The van der Waals surface area contributed by atoms with E-state index in [0.29, 0.717) is 6.42 Å². The van der Waals surface area contributed by atoms with Gasteiger partial charge < -0.3 is 24.8 Å². The molecule has 149 valence electrons. The van der Waals surface area contributed by atoms with E-state index in [4.69, 9.17) is 4.74 Å². The topological polar surface area (TPSA) is 41.5 Å². The number of fused-ring (bicyclic) bond motifs is 2. The number of nitrogens with one attached hydrogen (secondary N) is 1. The van der Waals surface area contributed by atoms with Gasteiger partial charge in [-0.1, -0.05) is 0 Å². The van der Waals surface area contributed by atoms with Crippen LogP contribution in [0.4, 0.5) is 5.69 Å². The first-order chi connectivity index (χ1) is 12.3. The number of hydrogen-bond acceptors (Lipinski definition) is 3. The van der Waals surface area contributed by atoms with Crippen molar-refractivity contribution in [2.75, 3.05) is 19.0 Å². The number of hydrogen-bond donors (Lipinski definition) is 2. The normalized spacial score (nSPS) is 13.1. The number of aliphatic hydroxyl groups is 1. The summed E-state index contributed by atoms with van der Waals surface area (Å²) in [5.41, 5.74) is 3.45. The standard InChI is InChI=1S/C22H26NO2.2ClH.Zr/c1-14(25-5)20-16(10-11-24)13-18-17-9-7-6-8-15(17)12-19(18)21(20)23-22(2,3)4;;;/h6-9,13,23-24H,10-11H2,1-5H3;2*1H;/q;;;+2/p-2. The summed E-state index contributed by atoms with van der Waals surface area (Å²) < 4.78 is 7.01. The minimum atomic E-state index is -0.0838. The Morgan fingerprint density at radius 2 is 1.71 bits per heavy atom. The number of benzene rings is 2. The maximum atomic E-state index is 9.65. The summed E-state index contributed by atoms with van der Waals surface area (Å²) in [6.45, 7) is 8.65. The Kier molecular flexibility index (Phi) is 8.84. The van der Waals surface area contributed by atoms with Crippen LogP contribution in [0.5, 0.6) is 0 Å². The minimum absolute atomic E-state index is 0. The summed E-state index contributed by atoms with van der Waals surface area (Å²) in [5.74, 6) is 0.877. The Balaban J connectivity index is 0.00000196. The van der Waals surface area contributed by atoms with E-state index < -0.39 is 0 Å². The van der Waals surface area contributed by atoms with Gasteiger partial charge in [0.1, 0.15) is 0 Å². The van der Waals surface area contributed by atoms with Crippen molar-refractivity contribution >= 4 is 14.7 Å². The first kappa shape index (κ1) is 25.2. The molecule has 0 aliphatic heterocycles. The molecule has 1 aliphatic carbocycles. The molecular formula is C22H26Cl2NO2Zr. The van der Waals surface area contributed by atoms with Crippen LogP contribution in [0.3, 0.4) is 0 Å². The van der Waals surface area contributed by atoms with E-state index in [2.05, 4.69) is 56.4 Å². The zero-order valence-corrected chi connectivity index (χ0v) is 20.9. The Morgan fingerprint density at radius 3 is 2.25 bits per heavy atom. The van der Waals surface area contributed by atoms with Crippen molar-refractivity contribution < 1.29 is 59.4 Å². The molecule has 0 radical (unpaired) electrons. The van der Waals surface area contributed by atoms with E-state index in [1.54, 1.807) is 7.11 Å². The molecule has 0 bridgehead atoms. The van der Waals surface area contributed by atoms with Crippen LogP contribution in [0.15, 0.2) is 30.3 Å². The van der Waals surface area contributed by atoms with Gasteiger partial charge in [-0.15, -0.1) is 0 Å². The van der Waals surface area contributed by atoms with E-state index in [0.717, 1.165) is 22.2 Å². The molecule has 3 rings (SSSR count). The van der Waals surface area contributed by atoms with Crippen LogP contribution >= 0.6 is 0 Å². The molecule has 3 nitrogen and oxygen atoms in total. The Bertz CT molecular complexity index is 1080. The van der Waals surface area contributed by atoms with E-state index in [1.165, 1.54) is 49.2 Å². The van der Waals surface area contributed by atoms with Crippen molar-refractivity contribution in [3.05, 3.63) is 62.3 Å². The van der Waals surface area contributed by atoms with Gasteiger partial charge in [-0.25, -0.2) is 0 Å². The van der Waals surface area contributed by atoms with E-state index in [1.807, 2.05) is 6.92 Å². The Hall–Kier alpha value is -0.797. The van der Waals surface area contributed by atoms with Crippen molar-refractivity contribution in [3.8, 4) is 0 Å². The molecule has 2 aromatic carbocycles. The monoisotopic (exact) mass is 496 g/mol. The SMILES string of the molecule is COC(C)=c1c(CCO)cc2c(c1NC(C)(C)C)[C]([Zr+2])=c1ccccc1=2.[Cl-].[Cl-]. The first-order valence-corrected chi connectivity index (χ1v) is 10.2. The smallest absolute Gasteiger partial charge is 1.00 e. The maximum Gasteiger partial charge on any atom is -1.00 e. The van der Waals surface area contributed by atoms with Crippen molar-refractivity contribution in [3.63, 3.8) is 0 Å². The third-order valence-corrected chi connectivity index (χ3v) is 5.96. The molecule has 1 aliphatic rings. The van der Waals surface area contributed by atoms with E-state index in [9.17, 15) is 5.11 Å². The number of halogens is 2. The molecule has 2 aromatic rings. The molecule has 0 fully saturated rings.